The van der Waals surface area contributed by atoms with Crippen molar-refractivity contribution in [3.8, 4) is 0 Å². The van der Waals surface area contributed by atoms with Gasteiger partial charge in [0.25, 0.3) is 0 Å². The van der Waals surface area contributed by atoms with Gasteiger partial charge in [-0.15, -0.1) is 0 Å². The van der Waals surface area contributed by atoms with Crippen LogP contribution in [-0.4, -0.2) is 54.2 Å². The highest BCUT2D eigenvalue weighted by Gasteiger charge is 2.61. The van der Waals surface area contributed by atoms with E-state index in [0.717, 1.165) is 63.3 Å². The molecule has 0 amide bonds. The Morgan fingerprint density at radius 1 is 0.933 bits per heavy atom. The van der Waals surface area contributed by atoms with Crippen LogP contribution in [-0.2, 0) is 9.53 Å². The molecular formula is C26H43NO3. The molecule has 4 aliphatic carbocycles. The van der Waals surface area contributed by atoms with Crippen molar-refractivity contribution in [1.29, 1.82) is 0 Å². The maximum absolute atomic E-state index is 13.4. The number of ether oxygens (including phenoxy) is 1. The summed E-state index contributed by atoms with van der Waals surface area (Å²) in [6.45, 7) is 11.1. The molecule has 170 valence electrons. The number of hydrogen-bond donors (Lipinski definition) is 1. The van der Waals surface area contributed by atoms with E-state index in [1.54, 1.807) is 0 Å². The Balaban J connectivity index is 1.31. The van der Waals surface area contributed by atoms with Gasteiger partial charge >= 0.3 is 0 Å². The number of carbonyl (C=O) groups excluding carboxylic acids is 1. The van der Waals surface area contributed by atoms with Gasteiger partial charge in [-0.1, -0.05) is 13.8 Å². The van der Waals surface area contributed by atoms with Crippen LogP contribution in [0.2, 0.25) is 0 Å². The van der Waals surface area contributed by atoms with Crippen molar-refractivity contribution in [3.63, 3.8) is 0 Å². The number of aliphatic hydroxyl groups is 1. The first-order valence-corrected chi connectivity index (χ1v) is 12.8. The molecule has 1 saturated heterocycles. The molecule has 5 fully saturated rings. The molecule has 1 heterocycles. The molecule has 4 saturated carbocycles. The highest BCUT2D eigenvalue weighted by Crippen LogP contribution is 2.68. The predicted molar refractivity (Wildman–Crippen MR) is 118 cm³/mol. The molecule has 1 aliphatic heterocycles. The average Bonchev–Trinajstić information content (AvgIpc) is 3.06. The zero-order chi connectivity index (χ0) is 21.1. The zero-order valence-corrected chi connectivity index (χ0v) is 19.5. The van der Waals surface area contributed by atoms with Crippen molar-refractivity contribution >= 4 is 5.78 Å². The zero-order valence-electron chi connectivity index (χ0n) is 19.5. The van der Waals surface area contributed by atoms with E-state index in [4.69, 9.17) is 4.74 Å². The van der Waals surface area contributed by atoms with Crippen molar-refractivity contribution in [2.24, 2.45) is 40.4 Å². The molecule has 0 aromatic heterocycles. The summed E-state index contributed by atoms with van der Waals surface area (Å²) in [5.41, 5.74) is 0.167. The monoisotopic (exact) mass is 417 g/mol. The molecule has 4 nitrogen and oxygen atoms in total. The SMILES string of the molecule is C[C@@]1(O)CC[C@@]2(C)[C@H](CC[C@@H]3[C@@H]2CC[C@]2(C)[C@@H](C(=O)CN4CCOCC4)CC[C@@H]32)C1. The number of hydrogen-bond acceptors (Lipinski definition) is 4. The molecular weight excluding hydrogens is 374 g/mol. The highest BCUT2D eigenvalue weighted by molar-refractivity contribution is 5.84. The number of ketones is 1. The summed E-state index contributed by atoms with van der Waals surface area (Å²) in [5, 5.41) is 10.7. The van der Waals surface area contributed by atoms with Gasteiger partial charge in [0.15, 0.2) is 0 Å². The van der Waals surface area contributed by atoms with Gasteiger partial charge in [-0.25, -0.2) is 0 Å². The van der Waals surface area contributed by atoms with Crippen LogP contribution >= 0.6 is 0 Å². The predicted octanol–water partition coefficient (Wildman–Crippen LogP) is 4.30. The first-order valence-electron chi connectivity index (χ1n) is 12.8. The van der Waals surface area contributed by atoms with Crippen molar-refractivity contribution in [1.82, 2.24) is 4.90 Å². The molecule has 8 atom stereocenters. The van der Waals surface area contributed by atoms with E-state index in [2.05, 4.69) is 25.7 Å². The Labute approximate surface area is 183 Å². The molecule has 0 aromatic carbocycles. The minimum absolute atomic E-state index is 0.216. The van der Waals surface area contributed by atoms with Gasteiger partial charge < -0.3 is 9.84 Å². The van der Waals surface area contributed by atoms with Crippen LogP contribution in [0.25, 0.3) is 0 Å². The van der Waals surface area contributed by atoms with Gasteiger partial charge in [0.2, 0.25) is 0 Å². The third kappa shape index (κ3) is 3.40. The molecule has 0 bridgehead atoms. The van der Waals surface area contributed by atoms with Crippen LogP contribution in [0.3, 0.4) is 0 Å². The van der Waals surface area contributed by atoms with E-state index in [1.807, 2.05) is 0 Å². The summed E-state index contributed by atoms with van der Waals surface area (Å²) >= 11 is 0. The Kier molecular flexibility index (Phi) is 5.39. The molecule has 0 spiro atoms. The second-order valence-electron chi connectivity index (χ2n) is 12.4. The molecule has 5 aliphatic rings. The van der Waals surface area contributed by atoms with Gasteiger partial charge in [-0.05, 0) is 99.2 Å². The van der Waals surface area contributed by atoms with Crippen LogP contribution in [0.15, 0.2) is 0 Å². The van der Waals surface area contributed by atoms with Crippen LogP contribution in [0, 0.1) is 40.4 Å². The summed E-state index contributed by atoms with van der Waals surface area (Å²) in [7, 11) is 0. The van der Waals surface area contributed by atoms with Crippen molar-refractivity contribution in [2.75, 3.05) is 32.8 Å². The maximum Gasteiger partial charge on any atom is 0.150 e. The topological polar surface area (TPSA) is 49.8 Å². The van der Waals surface area contributed by atoms with E-state index in [-0.39, 0.29) is 11.3 Å². The smallest absolute Gasteiger partial charge is 0.150 e. The fraction of sp³-hybridized carbons (Fsp3) is 0.962. The summed E-state index contributed by atoms with van der Waals surface area (Å²) in [5.74, 6) is 3.80. The van der Waals surface area contributed by atoms with E-state index in [9.17, 15) is 9.90 Å². The number of morpholine rings is 1. The number of nitrogens with zero attached hydrogens (tertiary/aromatic N) is 1. The van der Waals surface area contributed by atoms with Gasteiger partial charge in [0.1, 0.15) is 5.78 Å². The molecule has 5 rings (SSSR count). The van der Waals surface area contributed by atoms with Crippen molar-refractivity contribution in [2.45, 2.75) is 84.2 Å². The third-order valence-corrected chi connectivity index (χ3v) is 10.8. The Bertz CT molecular complexity index is 671. The Hall–Kier alpha value is -0.450. The lowest BCUT2D eigenvalue weighted by atomic mass is 9.44. The number of fused-ring (bicyclic) bond motifs is 5. The number of carbonyl (C=O) groups is 1. The lowest BCUT2D eigenvalue weighted by Crippen LogP contribution is -2.56. The summed E-state index contributed by atoms with van der Waals surface area (Å²) in [6.07, 6.45) is 10.7. The minimum Gasteiger partial charge on any atom is -0.390 e. The van der Waals surface area contributed by atoms with Crippen LogP contribution in [0.4, 0.5) is 0 Å². The van der Waals surface area contributed by atoms with Gasteiger partial charge in [0, 0.05) is 19.0 Å². The standard InChI is InChI=1S/C26H43NO3/c1-24(29)10-11-25(2)18(16-24)4-5-19-20-6-7-22(26(20,3)9-8-21(19)25)23(28)17-27-12-14-30-15-13-27/h18-22,29H,4-17H2,1-3H3/t18-,19+,20+,21+,22-,24-,25+,26+/m1/s1. The number of rotatable bonds is 3. The minimum atomic E-state index is -0.454. The molecule has 0 aromatic rings. The van der Waals surface area contributed by atoms with Crippen LogP contribution in [0.5, 0.6) is 0 Å². The largest absolute Gasteiger partial charge is 0.390 e. The van der Waals surface area contributed by atoms with Crippen LogP contribution in [0.1, 0.15) is 78.6 Å². The van der Waals surface area contributed by atoms with E-state index >= 15 is 0 Å². The maximum atomic E-state index is 13.4. The fourth-order valence-corrected chi connectivity index (χ4v) is 9.05. The third-order valence-electron chi connectivity index (χ3n) is 10.8. The second-order valence-corrected chi connectivity index (χ2v) is 12.4. The first-order chi connectivity index (χ1) is 14.2. The molecule has 1 N–H and O–H groups in total. The average molecular weight is 418 g/mol. The van der Waals surface area contributed by atoms with Crippen molar-refractivity contribution in [3.05, 3.63) is 0 Å². The summed E-state index contributed by atoms with van der Waals surface area (Å²) in [4.78, 5) is 15.7. The highest BCUT2D eigenvalue weighted by atomic mass is 16.5. The molecule has 30 heavy (non-hydrogen) atoms. The van der Waals surface area contributed by atoms with Crippen LogP contribution < -0.4 is 0 Å². The quantitative estimate of drug-likeness (QED) is 0.744. The molecule has 4 heteroatoms. The van der Waals surface area contributed by atoms with E-state index in [1.165, 1.54) is 38.5 Å². The second kappa shape index (κ2) is 7.56. The summed E-state index contributed by atoms with van der Waals surface area (Å²) < 4.78 is 5.47. The van der Waals surface area contributed by atoms with Crippen molar-refractivity contribution < 1.29 is 14.6 Å². The van der Waals surface area contributed by atoms with E-state index in [0.29, 0.717) is 23.7 Å². The Morgan fingerprint density at radius 2 is 1.67 bits per heavy atom. The lowest BCUT2D eigenvalue weighted by molar-refractivity contribution is -0.151. The lowest BCUT2D eigenvalue weighted by Gasteiger charge is -2.61. The van der Waals surface area contributed by atoms with Gasteiger partial charge in [-0.3, -0.25) is 9.69 Å². The van der Waals surface area contributed by atoms with E-state index < -0.39 is 5.60 Å². The molecule has 0 radical (unpaired) electrons. The van der Waals surface area contributed by atoms with Gasteiger partial charge in [0.05, 0.1) is 25.4 Å². The number of Topliss-reactive ketones (excluding diaryl/α,β-unsaturated/α-hetero) is 1. The fourth-order valence-electron chi connectivity index (χ4n) is 9.05. The Morgan fingerprint density at radius 3 is 2.43 bits per heavy atom. The van der Waals surface area contributed by atoms with Gasteiger partial charge in [-0.2, -0.15) is 0 Å². The molecule has 0 unspecified atom stereocenters. The first kappa shape index (κ1) is 21.4. The summed E-state index contributed by atoms with van der Waals surface area (Å²) in [6, 6.07) is 0. The normalized spacial score (nSPS) is 51.7.